The molecule has 168 valence electrons. The lowest BCUT2D eigenvalue weighted by Gasteiger charge is -2.14. The molecule has 3 amide bonds. The van der Waals surface area contributed by atoms with Crippen LogP contribution in [0.3, 0.4) is 0 Å². The highest BCUT2D eigenvalue weighted by molar-refractivity contribution is 6.30. The normalized spacial score (nSPS) is 11.2. The van der Waals surface area contributed by atoms with Crippen molar-refractivity contribution >= 4 is 41.0 Å². The van der Waals surface area contributed by atoms with Crippen molar-refractivity contribution in [3.63, 3.8) is 0 Å². The number of hydrogen-bond donors (Lipinski definition) is 5. The highest BCUT2D eigenvalue weighted by atomic mass is 35.5. The number of carbonyl (C=O) groups is 3. The third-order valence-corrected chi connectivity index (χ3v) is 4.21. The van der Waals surface area contributed by atoms with Gasteiger partial charge in [0.25, 0.3) is 5.91 Å². The molecule has 0 saturated heterocycles. The Hall–Kier alpha value is -4.00. The summed E-state index contributed by atoms with van der Waals surface area (Å²) in [6, 6.07) is 4.23. The lowest BCUT2D eigenvalue weighted by Crippen LogP contribution is -2.24. The van der Waals surface area contributed by atoms with Crippen molar-refractivity contribution in [2.75, 3.05) is 10.6 Å². The van der Waals surface area contributed by atoms with Crippen LogP contribution in [-0.2, 0) is 12.6 Å². The number of alkyl halides is 3. The largest absolute Gasteiger partial charge is 0.475 e. The van der Waals surface area contributed by atoms with Gasteiger partial charge in [-0.2, -0.15) is 13.2 Å². The Balaban J connectivity index is 1.80. The maximum Gasteiger partial charge on any atom is 0.418 e. The Labute approximate surface area is 181 Å². The zero-order valence-corrected chi connectivity index (χ0v) is 16.5. The molecule has 0 aliphatic heterocycles. The van der Waals surface area contributed by atoms with Gasteiger partial charge in [0, 0.05) is 5.02 Å². The first-order valence-electron chi connectivity index (χ1n) is 8.59. The number of primary amides is 1. The first-order valence-corrected chi connectivity index (χ1v) is 8.97. The van der Waals surface area contributed by atoms with Crippen LogP contribution < -0.4 is 16.4 Å². The molecule has 1 aromatic carbocycles. The molecule has 0 aliphatic carbocycles. The van der Waals surface area contributed by atoms with Crippen molar-refractivity contribution in [2.45, 2.75) is 12.6 Å². The summed E-state index contributed by atoms with van der Waals surface area (Å²) in [5.74, 6) is -2.66. The van der Waals surface area contributed by atoms with Crippen LogP contribution in [0.25, 0.3) is 0 Å². The minimum atomic E-state index is -4.79. The van der Waals surface area contributed by atoms with Gasteiger partial charge < -0.3 is 25.6 Å². The summed E-state index contributed by atoms with van der Waals surface area (Å²) in [5, 5.41) is 12.9. The van der Waals surface area contributed by atoms with E-state index in [0.29, 0.717) is 6.07 Å². The van der Waals surface area contributed by atoms with Gasteiger partial charge in [-0.25, -0.2) is 14.6 Å². The summed E-state index contributed by atoms with van der Waals surface area (Å²) in [6.45, 7) is 0. The fraction of sp³-hybridized carbons (Fsp3) is 0.111. The number of H-pyrrole nitrogens is 1. The average molecular weight is 472 g/mol. The third kappa shape index (κ3) is 5.18. The average Bonchev–Trinajstić information content (AvgIpc) is 3.30. The summed E-state index contributed by atoms with van der Waals surface area (Å²) >= 11 is 5.60. The molecule has 0 atom stereocenters. The van der Waals surface area contributed by atoms with E-state index in [1.807, 2.05) is 5.32 Å². The van der Waals surface area contributed by atoms with E-state index in [9.17, 15) is 27.6 Å². The number of aromatic nitrogens is 2. The third-order valence-electron chi connectivity index (χ3n) is 3.97. The number of hydrogen-bond acceptors (Lipinski definition) is 5. The molecule has 32 heavy (non-hydrogen) atoms. The molecule has 0 fully saturated rings. The molecular weight excluding hydrogens is 459 g/mol. The minimum absolute atomic E-state index is 0.0721. The van der Waals surface area contributed by atoms with E-state index in [1.54, 1.807) is 0 Å². The summed E-state index contributed by atoms with van der Waals surface area (Å²) in [6.07, 6.45) is -4.88. The maximum absolute atomic E-state index is 13.2. The monoisotopic (exact) mass is 471 g/mol. The number of carbonyl (C=O) groups excluding carboxylic acids is 2. The van der Waals surface area contributed by atoms with E-state index in [2.05, 4.69) is 15.3 Å². The maximum atomic E-state index is 13.2. The smallest absolute Gasteiger partial charge is 0.418 e. The molecule has 3 aromatic rings. The van der Waals surface area contributed by atoms with Crippen LogP contribution in [0.1, 0.15) is 38.2 Å². The van der Waals surface area contributed by atoms with E-state index in [-0.39, 0.29) is 34.6 Å². The van der Waals surface area contributed by atoms with Gasteiger partial charge >= 0.3 is 18.2 Å². The van der Waals surface area contributed by atoms with Crippen molar-refractivity contribution in [3.8, 4) is 0 Å². The van der Waals surface area contributed by atoms with Gasteiger partial charge in [-0.3, -0.25) is 10.1 Å². The van der Waals surface area contributed by atoms with Crippen LogP contribution in [0.4, 0.5) is 29.5 Å². The van der Waals surface area contributed by atoms with Crippen LogP contribution in [0.5, 0.6) is 0 Å². The lowest BCUT2D eigenvalue weighted by molar-refractivity contribution is -0.136. The van der Waals surface area contributed by atoms with Crippen LogP contribution in [0.2, 0.25) is 5.02 Å². The Morgan fingerprint density at radius 3 is 2.50 bits per heavy atom. The molecule has 0 spiro atoms. The van der Waals surface area contributed by atoms with Gasteiger partial charge in [-0.15, -0.1) is 0 Å². The van der Waals surface area contributed by atoms with Gasteiger partial charge in [0.15, 0.2) is 5.69 Å². The number of rotatable bonds is 6. The number of benzene rings is 1. The van der Waals surface area contributed by atoms with Crippen molar-refractivity contribution in [3.05, 3.63) is 64.0 Å². The number of aromatic carboxylic acids is 1. The predicted molar refractivity (Wildman–Crippen MR) is 105 cm³/mol. The molecule has 3 rings (SSSR count). The first kappa shape index (κ1) is 22.7. The number of nitrogens with one attached hydrogen (secondary N) is 3. The molecule has 0 aliphatic rings. The van der Waals surface area contributed by atoms with Crippen LogP contribution >= 0.6 is 11.6 Å². The second kappa shape index (κ2) is 8.63. The van der Waals surface area contributed by atoms with Gasteiger partial charge in [0.1, 0.15) is 17.4 Å². The standard InChI is InChI=1S/C18H13ClF3N5O5/c19-7-1-3-10(9(5-7)18(20,21)22)24-17(31)27-15-13(14(23)28)25-12(26-15)6-8-2-4-11(32-8)16(29)30/h1-5H,6H2,(H2,23,28)(H,25,26)(H,29,30)(H2,24,27,31). The Bertz CT molecular complexity index is 1200. The SMILES string of the molecule is NC(=O)c1nc(Cc2ccc(C(=O)O)o2)[nH]c1NC(=O)Nc1ccc(Cl)cc1C(F)(F)F. The van der Waals surface area contributed by atoms with E-state index in [1.165, 1.54) is 12.1 Å². The number of urea groups is 1. The fourth-order valence-corrected chi connectivity index (χ4v) is 2.83. The predicted octanol–water partition coefficient (Wildman–Crippen LogP) is 3.71. The number of nitrogens with two attached hydrogens (primary N) is 1. The number of furan rings is 1. The number of aromatic amines is 1. The minimum Gasteiger partial charge on any atom is -0.475 e. The van der Waals surface area contributed by atoms with Gasteiger partial charge in [0.05, 0.1) is 17.7 Å². The Morgan fingerprint density at radius 2 is 1.91 bits per heavy atom. The van der Waals surface area contributed by atoms with Gasteiger partial charge in [-0.05, 0) is 30.3 Å². The number of nitrogens with zero attached hydrogens (tertiary/aromatic N) is 1. The molecular formula is C18H13ClF3N5O5. The fourth-order valence-electron chi connectivity index (χ4n) is 2.65. The molecule has 14 heteroatoms. The summed E-state index contributed by atoms with van der Waals surface area (Å²) in [5.41, 5.74) is 3.09. The summed E-state index contributed by atoms with van der Waals surface area (Å²) in [4.78, 5) is 41.3. The zero-order valence-electron chi connectivity index (χ0n) is 15.7. The van der Waals surface area contributed by atoms with Crippen LogP contribution in [0, 0.1) is 0 Å². The first-order chi connectivity index (χ1) is 14.9. The number of halogens is 4. The number of amides is 3. The second-order valence-electron chi connectivity index (χ2n) is 6.29. The zero-order chi connectivity index (χ0) is 23.6. The number of carboxylic acid groups (broad SMARTS) is 1. The molecule has 2 heterocycles. The molecule has 0 saturated carbocycles. The Kier molecular flexibility index (Phi) is 6.11. The van der Waals surface area contributed by atoms with Crippen molar-refractivity contribution in [2.24, 2.45) is 5.73 Å². The van der Waals surface area contributed by atoms with E-state index in [0.717, 1.165) is 12.1 Å². The number of carboxylic acids is 1. The Morgan fingerprint density at radius 1 is 1.19 bits per heavy atom. The molecule has 0 bridgehead atoms. The van der Waals surface area contributed by atoms with Crippen molar-refractivity contribution in [1.82, 2.24) is 9.97 Å². The highest BCUT2D eigenvalue weighted by Gasteiger charge is 2.34. The topological polar surface area (TPSA) is 163 Å². The molecule has 6 N–H and O–H groups in total. The quantitative estimate of drug-likeness (QED) is 0.368. The van der Waals surface area contributed by atoms with E-state index in [4.69, 9.17) is 26.9 Å². The van der Waals surface area contributed by atoms with E-state index < -0.39 is 41.0 Å². The number of anilines is 2. The van der Waals surface area contributed by atoms with Crippen LogP contribution in [-0.4, -0.2) is 33.0 Å². The summed E-state index contributed by atoms with van der Waals surface area (Å²) < 4.78 is 44.6. The van der Waals surface area contributed by atoms with Crippen molar-refractivity contribution in [1.29, 1.82) is 0 Å². The van der Waals surface area contributed by atoms with Crippen molar-refractivity contribution < 1.29 is 37.1 Å². The van der Waals surface area contributed by atoms with E-state index >= 15 is 0 Å². The molecule has 2 aromatic heterocycles. The van der Waals surface area contributed by atoms with Gasteiger partial charge in [0.2, 0.25) is 5.76 Å². The molecule has 0 radical (unpaired) electrons. The highest BCUT2D eigenvalue weighted by Crippen LogP contribution is 2.36. The van der Waals surface area contributed by atoms with Crippen LogP contribution in [0.15, 0.2) is 34.7 Å². The molecule has 10 nitrogen and oxygen atoms in total. The van der Waals surface area contributed by atoms with Gasteiger partial charge in [-0.1, -0.05) is 11.6 Å². The molecule has 0 unspecified atom stereocenters. The number of imidazole rings is 1. The summed E-state index contributed by atoms with van der Waals surface area (Å²) in [7, 11) is 0. The second-order valence-corrected chi connectivity index (χ2v) is 6.72. The lowest BCUT2D eigenvalue weighted by atomic mass is 10.1.